The first-order valence-electron chi connectivity index (χ1n) is 11.1. The van der Waals surface area contributed by atoms with Gasteiger partial charge in [0.1, 0.15) is 29.5 Å². The van der Waals surface area contributed by atoms with Gasteiger partial charge in [0.15, 0.2) is 0 Å². The number of carbonyl (C=O) groups is 2. The van der Waals surface area contributed by atoms with E-state index in [1.54, 1.807) is 24.3 Å². The summed E-state index contributed by atoms with van der Waals surface area (Å²) < 4.78 is 33.5. The third-order valence-corrected chi connectivity index (χ3v) is 6.21. The van der Waals surface area contributed by atoms with E-state index in [9.17, 15) is 23.5 Å². The summed E-state index contributed by atoms with van der Waals surface area (Å²) in [7, 11) is 0. The van der Waals surface area contributed by atoms with Gasteiger partial charge in [-0.25, -0.2) is 8.78 Å². The summed E-state index contributed by atoms with van der Waals surface area (Å²) in [5, 5.41) is 9.32. The number of fused-ring (bicyclic) bond motifs is 1. The Kier molecular flexibility index (Phi) is 7.08. The van der Waals surface area contributed by atoms with E-state index >= 15 is 0 Å². The number of rotatable bonds is 8. The molecule has 0 aliphatic carbocycles. The maximum atomic E-state index is 13.9. The number of hydrogen-bond acceptors (Lipinski definition) is 3. The van der Waals surface area contributed by atoms with Crippen LogP contribution in [-0.4, -0.2) is 34.0 Å². The van der Waals surface area contributed by atoms with Gasteiger partial charge in [-0.05, 0) is 59.5 Å². The van der Waals surface area contributed by atoms with Gasteiger partial charge in [0, 0.05) is 19.4 Å². The SMILES string of the molecule is C[C@]1(Cc2ccc(Cl)c(F)c2)Cc2cc(CC(=O)N(CC(=O)O)Cc3cccc(F)c3)ccc2O1. The third kappa shape index (κ3) is 6.17. The predicted molar refractivity (Wildman–Crippen MR) is 127 cm³/mol. The van der Waals surface area contributed by atoms with Crippen LogP contribution in [-0.2, 0) is 35.4 Å². The first-order chi connectivity index (χ1) is 16.6. The minimum Gasteiger partial charge on any atom is -0.487 e. The van der Waals surface area contributed by atoms with E-state index in [-0.39, 0.29) is 23.9 Å². The predicted octanol–water partition coefficient (Wildman–Crippen LogP) is 5.21. The van der Waals surface area contributed by atoms with E-state index < -0.39 is 29.7 Å². The van der Waals surface area contributed by atoms with Crippen LogP contribution in [0.1, 0.15) is 29.2 Å². The fraction of sp³-hybridized carbons (Fsp3) is 0.259. The molecule has 5 nitrogen and oxygen atoms in total. The first kappa shape index (κ1) is 24.7. The highest BCUT2D eigenvalue weighted by atomic mass is 35.5. The summed E-state index contributed by atoms with van der Waals surface area (Å²) in [5.74, 6) is -1.76. The molecule has 0 fully saturated rings. The molecular formula is C27H24ClF2NO4. The highest BCUT2D eigenvalue weighted by molar-refractivity contribution is 6.30. The summed E-state index contributed by atoms with van der Waals surface area (Å²) in [5.41, 5.74) is 2.32. The number of hydrogen-bond donors (Lipinski definition) is 1. The number of benzene rings is 3. The van der Waals surface area contributed by atoms with E-state index in [4.69, 9.17) is 16.3 Å². The Morgan fingerprint density at radius 3 is 2.54 bits per heavy atom. The molecular weight excluding hydrogens is 476 g/mol. The van der Waals surface area contributed by atoms with Crippen LogP contribution in [0, 0.1) is 11.6 Å². The molecule has 8 heteroatoms. The van der Waals surface area contributed by atoms with Crippen molar-refractivity contribution >= 4 is 23.5 Å². The summed E-state index contributed by atoms with van der Waals surface area (Å²) in [6.45, 7) is 1.45. The number of carboxylic acids is 1. The smallest absolute Gasteiger partial charge is 0.323 e. The van der Waals surface area contributed by atoms with Crippen molar-refractivity contribution in [2.75, 3.05) is 6.54 Å². The molecule has 0 saturated heterocycles. The van der Waals surface area contributed by atoms with Crippen molar-refractivity contribution in [1.29, 1.82) is 0 Å². The molecule has 3 aromatic carbocycles. The molecule has 0 saturated carbocycles. The largest absolute Gasteiger partial charge is 0.487 e. The zero-order valence-corrected chi connectivity index (χ0v) is 19.8. The molecule has 35 heavy (non-hydrogen) atoms. The van der Waals surface area contributed by atoms with Crippen LogP contribution in [0.25, 0.3) is 0 Å². The maximum absolute atomic E-state index is 13.9. The summed E-state index contributed by atoms with van der Waals surface area (Å²) in [6.07, 6.45) is 1.04. The quantitative estimate of drug-likeness (QED) is 0.462. The molecule has 0 radical (unpaired) electrons. The lowest BCUT2D eigenvalue weighted by Crippen LogP contribution is -2.36. The molecule has 0 bridgehead atoms. The molecule has 0 unspecified atom stereocenters. The number of amides is 1. The molecule has 182 valence electrons. The lowest BCUT2D eigenvalue weighted by Gasteiger charge is -2.24. The molecule has 1 N–H and O–H groups in total. The summed E-state index contributed by atoms with van der Waals surface area (Å²) >= 11 is 5.78. The standard InChI is InChI=1S/C27H24ClF2NO4/c1-27(13-18-5-7-22(28)23(30)11-18)14-20-9-17(6-8-24(20)35-27)12-25(32)31(16-26(33)34)15-19-3-2-4-21(29)10-19/h2-11H,12-16H2,1H3,(H,33,34)/t27-/m0/s1. The zero-order chi connectivity index (χ0) is 25.2. The average molecular weight is 500 g/mol. The molecule has 3 aromatic rings. The van der Waals surface area contributed by atoms with Crippen LogP contribution in [0.3, 0.4) is 0 Å². The van der Waals surface area contributed by atoms with Gasteiger partial charge in [-0.15, -0.1) is 0 Å². The molecule has 0 spiro atoms. The Bertz CT molecular complexity index is 1280. The third-order valence-electron chi connectivity index (χ3n) is 5.90. The molecule has 1 atom stereocenters. The van der Waals surface area contributed by atoms with E-state index in [1.807, 2.05) is 13.0 Å². The Hall–Kier alpha value is -3.45. The molecule has 1 aliphatic heterocycles. The second-order valence-electron chi connectivity index (χ2n) is 9.05. The van der Waals surface area contributed by atoms with Crippen LogP contribution in [0.2, 0.25) is 5.02 Å². The lowest BCUT2D eigenvalue weighted by molar-refractivity contribution is -0.144. The number of carbonyl (C=O) groups excluding carboxylic acids is 1. The van der Waals surface area contributed by atoms with Crippen LogP contribution in [0.4, 0.5) is 8.78 Å². The van der Waals surface area contributed by atoms with E-state index in [0.29, 0.717) is 29.7 Å². The Balaban J connectivity index is 1.46. The Morgan fingerprint density at radius 2 is 1.83 bits per heavy atom. The van der Waals surface area contributed by atoms with Gasteiger partial charge in [-0.1, -0.05) is 41.9 Å². The molecule has 1 aliphatic rings. The van der Waals surface area contributed by atoms with Gasteiger partial charge in [0.25, 0.3) is 0 Å². The molecule has 0 aromatic heterocycles. The number of ether oxygens (including phenoxy) is 1. The van der Waals surface area contributed by atoms with Crippen LogP contribution >= 0.6 is 11.6 Å². The second-order valence-corrected chi connectivity index (χ2v) is 9.45. The van der Waals surface area contributed by atoms with Crippen molar-refractivity contribution in [1.82, 2.24) is 4.90 Å². The number of halogens is 3. The highest BCUT2D eigenvalue weighted by Gasteiger charge is 2.35. The van der Waals surface area contributed by atoms with Gasteiger partial charge in [0.05, 0.1) is 11.4 Å². The van der Waals surface area contributed by atoms with E-state index in [0.717, 1.165) is 11.1 Å². The maximum Gasteiger partial charge on any atom is 0.323 e. The van der Waals surface area contributed by atoms with Gasteiger partial charge < -0.3 is 14.7 Å². The van der Waals surface area contributed by atoms with E-state index in [2.05, 4.69) is 0 Å². The van der Waals surface area contributed by atoms with Crippen molar-refractivity contribution in [2.45, 2.75) is 38.3 Å². The fourth-order valence-corrected chi connectivity index (χ4v) is 4.52. The summed E-state index contributed by atoms with van der Waals surface area (Å²) in [6, 6.07) is 15.9. The van der Waals surface area contributed by atoms with Crippen LogP contribution in [0.5, 0.6) is 5.75 Å². The van der Waals surface area contributed by atoms with Crippen molar-refractivity contribution in [3.8, 4) is 5.75 Å². The lowest BCUT2D eigenvalue weighted by atomic mass is 9.91. The number of aliphatic carboxylic acids is 1. The van der Waals surface area contributed by atoms with Gasteiger partial charge >= 0.3 is 5.97 Å². The normalized spacial score (nSPS) is 16.5. The average Bonchev–Trinajstić information content (AvgIpc) is 3.10. The topological polar surface area (TPSA) is 66.8 Å². The molecule has 1 heterocycles. The zero-order valence-electron chi connectivity index (χ0n) is 19.1. The molecule has 1 amide bonds. The van der Waals surface area contributed by atoms with Crippen molar-refractivity contribution < 1.29 is 28.2 Å². The van der Waals surface area contributed by atoms with E-state index in [1.165, 1.54) is 35.2 Å². The first-order valence-corrected chi connectivity index (χ1v) is 11.5. The fourth-order valence-electron chi connectivity index (χ4n) is 4.40. The van der Waals surface area contributed by atoms with Crippen molar-refractivity contribution in [2.24, 2.45) is 0 Å². The Labute approximate surface area is 206 Å². The minimum atomic E-state index is -1.15. The van der Waals surface area contributed by atoms with Crippen molar-refractivity contribution in [3.05, 3.63) is 99.6 Å². The number of carboxylic acid groups (broad SMARTS) is 1. The van der Waals surface area contributed by atoms with Gasteiger partial charge in [0.2, 0.25) is 5.91 Å². The highest BCUT2D eigenvalue weighted by Crippen LogP contribution is 2.38. The summed E-state index contributed by atoms with van der Waals surface area (Å²) in [4.78, 5) is 25.5. The van der Waals surface area contributed by atoms with Crippen LogP contribution in [0.15, 0.2) is 60.7 Å². The van der Waals surface area contributed by atoms with Gasteiger partial charge in [-0.2, -0.15) is 0 Å². The molecule has 4 rings (SSSR count). The van der Waals surface area contributed by atoms with Crippen LogP contribution < -0.4 is 4.74 Å². The Morgan fingerprint density at radius 1 is 1.06 bits per heavy atom. The van der Waals surface area contributed by atoms with Gasteiger partial charge in [-0.3, -0.25) is 9.59 Å². The minimum absolute atomic E-state index is 0.00497. The van der Waals surface area contributed by atoms with Crippen molar-refractivity contribution in [3.63, 3.8) is 0 Å². The monoisotopic (exact) mass is 499 g/mol. The number of nitrogens with zero attached hydrogens (tertiary/aromatic N) is 1. The second kappa shape index (κ2) is 10.0.